The van der Waals surface area contributed by atoms with Crippen molar-refractivity contribution < 1.29 is 119 Å². The fraction of sp³-hybridized carbons (Fsp3) is 1.00. The second-order valence-electron chi connectivity index (χ2n) is 9.18. The largest absolute Gasteiger partial charge is 0.460 e. The predicted octanol–water partition coefficient (Wildman–Crippen LogP) is 9.75. The van der Waals surface area contributed by atoms with Gasteiger partial charge in [-0.2, -0.15) is 114 Å². The molecule has 2 atom stereocenters. The first-order valence-corrected chi connectivity index (χ1v) is 10.5. The van der Waals surface area contributed by atoms with Crippen LogP contribution in [0.5, 0.6) is 0 Å². The molecule has 0 amide bonds. The first kappa shape index (κ1) is 43.1. The lowest BCUT2D eigenvalue weighted by atomic mass is 9.88. The minimum atomic E-state index is -8.36. The van der Waals surface area contributed by atoms with Gasteiger partial charge in [-0.05, 0) is 0 Å². The molecule has 0 aromatic heterocycles. The molecule has 0 aliphatic rings. The first-order chi connectivity index (χ1) is 19.0. The molecule has 45 heavy (non-hydrogen) atoms. The second kappa shape index (κ2) is 11.4. The van der Waals surface area contributed by atoms with Gasteiger partial charge in [0.2, 0.25) is 0 Å². The Kier molecular flexibility index (Phi) is 10.9. The average Bonchev–Trinajstić information content (AvgIpc) is 2.81. The lowest BCUT2D eigenvalue weighted by Gasteiger charge is -2.41. The molecule has 0 aliphatic carbocycles. The van der Waals surface area contributed by atoms with Crippen molar-refractivity contribution in [3.63, 3.8) is 0 Å². The molecule has 0 aromatic carbocycles. The van der Waals surface area contributed by atoms with Crippen molar-refractivity contribution in [3.8, 4) is 0 Å². The van der Waals surface area contributed by atoms with Crippen molar-refractivity contribution in [3.05, 3.63) is 0 Å². The number of rotatable bonds is 14. The van der Waals surface area contributed by atoms with Crippen molar-refractivity contribution in [1.29, 1.82) is 0 Å². The van der Waals surface area contributed by atoms with E-state index in [1.807, 2.05) is 0 Å². The monoisotopic (exact) mass is 738 g/mol. The van der Waals surface area contributed by atoms with Crippen LogP contribution in [0.3, 0.4) is 0 Å². The van der Waals surface area contributed by atoms with Crippen molar-refractivity contribution in [2.75, 3.05) is 13.2 Å². The molecular weight excluding hydrogens is 726 g/mol. The van der Waals surface area contributed by atoms with Crippen LogP contribution in [0.25, 0.3) is 0 Å². The van der Waals surface area contributed by atoms with E-state index >= 15 is 0 Å². The summed E-state index contributed by atoms with van der Waals surface area (Å²) in [7, 11) is 0. The molecule has 272 valence electrons. The lowest BCUT2D eigenvalue weighted by molar-refractivity contribution is -0.444. The summed E-state index contributed by atoms with van der Waals surface area (Å²) in [5.74, 6) is -87.2. The standard InChI is InChI=1S/C18H12F26O/c1-5(7(19,20)9(23,24)11(27,28)13(31,32)15(35,36)17(39,40)41)3-45-4-6(2)8(21,22)10(25,26)12(29,30)14(33,34)16(37,38)18(42,43)44/h5-6H,3-4H2,1-2H3. The smallest absolute Gasteiger partial charge is 0.380 e. The Morgan fingerprint density at radius 1 is 0.311 bits per heavy atom. The zero-order valence-electron chi connectivity index (χ0n) is 20.8. The Morgan fingerprint density at radius 3 is 0.667 bits per heavy atom. The van der Waals surface area contributed by atoms with E-state index in [2.05, 4.69) is 4.74 Å². The summed E-state index contributed by atoms with van der Waals surface area (Å²) in [6.45, 7) is -6.28. The SMILES string of the molecule is CC(COCC(C)C(F)(F)C(F)(F)C(F)(F)C(F)(F)C(F)(F)C(F)(F)F)C(F)(F)C(F)(F)C(F)(F)C(F)(F)C(F)(F)C(F)(F)F. The van der Waals surface area contributed by atoms with Crippen molar-refractivity contribution in [2.24, 2.45) is 11.8 Å². The maximum absolute atomic E-state index is 14.0. The molecule has 27 heteroatoms. The zero-order valence-corrected chi connectivity index (χ0v) is 20.8. The summed E-state index contributed by atoms with van der Waals surface area (Å²) in [6, 6.07) is 0. The third-order valence-corrected chi connectivity index (χ3v) is 5.89. The molecule has 1 nitrogen and oxygen atoms in total. The van der Waals surface area contributed by atoms with Crippen LogP contribution in [0.2, 0.25) is 0 Å². The van der Waals surface area contributed by atoms with E-state index in [1.54, 1.807) is 0 Å². The van der Waals surface area contributed by atoms with Gasteiger partial charge < -0.3 is 4.74 Å². The van der Waals surface area contributed by atoms with E-state index in [-0.39, 0.29) is 0 Å². The molecule has 0 aliphatic heterocycles. The van der Waals surface area contributed by atoms with E-state index in [0.717, 1.165) is 0 Å². The third kappa shape index (κ3) is 6.03. The van der Waals surface area contributed by atoms with Gasteiger partial charge in [0, 0.05) is 11.8 Å². The van der Waals surface area contributed by atoms with Crippen LogP contribution >= 0.6 is 0 Å². The number of hydrogen-bond donors (Lipinski definition) is 0. The quantitative estimate of drug-likeness (QED) is 0.161. The summed E-state index contributed by atoms with van der Waals surface area (Å²) in [5, 5.41) is 0. The molecule has 0 radical (unpaired) electrons. The molecule has 0 rings (SSSR count). The molecular formula is C18H12F26O. The Labute approximate surface area is 230 Å². The summed E-state index contributed by atoms with van der Waals surface area (Å²) >= 11 is 0. The highest BCUT2D eigenvalue weighted by Gasteiger charge is 2.92. The summed E-state index contributed by atoms with van der Waals surface area (Å²) in [4.78, 5) is 0. The van der Waals surface area contributed by atoms with Gasteiger partial charge in [-0.1, -0.05) is 13.8 Å². The minimum Gasteiger partial charge on any atom is -0.380 e. The van der Waals surface area contributed by atoms with Gasteiger partial charge in [0.25, 0.3) is 0 Å². The molecule has 0 aromatic rings. The Hall–Kier alpha value is -1.86. The minimum absolute atomic E-state index is 0.532. The van der Waals surface area contributed by atoms with Crippen LogP contribution in [0.4, 0.5) is 114 Å². The molecule has 0 spiro atoms. The van der Waals surface area contributed by atoms with Crippen LogP contribution in [0, 0.1) is 11.8 Å². The van der Waals surface area contributed by atoms with Crippen LogP contribution in [-0.4, -0.2) is 84.8 Å². The average molecular weight is 738 g/mol. The Balaban J connectivity index is 6.18. The third-order valence-electron chi connectivity index (χ3n) is 5.89. The van der Waals surface area contributed by atoms with E-state index < -0.39 is 110 Å². The molecule has 2 unspecified atom stereocenters. The fourth-order valence-corrected chi connectivity index (χ4v) is 2.81. The number of hydrogen-bond acceptors (Lipinski definition) is 1. The van der Waals surface area contributed by atoms with Crippen molar-refractivity contribution in [1.82, 2.24) is 0 Å². The van der Waals surface area contributed by atoms with Gasteiger partial charge in [-0.3, -0.25) is 0 Å². The van der Waals surface area contributed by atoms with Gasteiger partial charge in [-0.25, -0.2) is 0 Å². The van der Waals surface area contributed by atoms with Crippen LogP contribution < -0.4 is 0 Å². The Morgan fingerprint density at radius 2 is 0.489 bits per heavy atom. The van der Waals surface area contributed by atoms with E-state index in [1.165, 1.54) is 0 Å². The molecule has 0 saturated carbocycles. The van der Waals surface area contributed by atoms with Gasteiger partial charge >= 0.3 is 71.6 Å². The molecule has 0 bridgehead atoms. The van der Waals surface area contributed by atoms with Gasteiger partial charge in [-0.15, -0.1) is 0 Å². The van der Waals surface area contributed by atoms with Crippen molar-refractivity contribution in [2.45, 2.75) is 85.4 Å². The number of ether oxygens (including phenoxy) is 1. The molecule has 0 fully saturated rings. The van der Waals surface area contributed by atoms with Crippen LogP contribution in [0.1, 0.15) is 13.8 Å². The number of halogens is 26. The molecule has 0 heterocycles. The summed E-state index contributed by atoms with van der Waals surface area (Å²) < 4.78 is 345. The van der Waals surface area contributed by atoms with Gasteiger partial charge in [0.1, 0.15) is 0 Å². The maximum atomic E-state index is 14.0. The highest BCUT2D eigenvalue weighted by molar-refractivity contribution is 5.12. The fourth-order valence-electron chi connectivity index (χ4n) is 2.81. The van der Waals surface area contributed by atoms with E-state index in [0.29, 0.717) is 0 Å². The normalized spacial score (nSPS) is 17.9. The second-order valence-corrected chi connectivity index (χ2v) is 9.18. The highest BCUT2D eigenvalue weighted by atomic mass is 19.4. The van der Waals surface area contributed by atoms with Gasteiger partial charge in [0.15, 0.2) is 0 Å². The lowest BCUT2D eigenvalue weighted by Crippen LogP contribution is -2.71. The summed E-state index contributed by atoms with van der Waals surface area (Å²) in [5.41, 5.74) is 0. The highest BCUT2D eigenvalue weighted by Crippen LogP contribution is 2.63. The van der Waals surface area contributed by atoms with E-state index in [4.69, 9.17) is 0 Å². The van der Waals surface area contributed by atoms with Crippen LogP contribution in [-0.2, 0) is 4.74 Å². The number of alkyl halides is 26. The predicted molar refractivity (Wildman–Crippen MR) is 90.7 cm³/mol. The summed E-state index contributed by atoms with van der Waals surface area (Å²) in [6.07, 6.45) is -15.5. The van der Waals surface area contributed by atoms with Crippen LogP contribution in [0.15, 0.2) is 0 Å². The maximum Gasteiger partial charge on any atom is 0.460 e. The molecule has 0 N–H and O–H groups in total. The first-order valence-electron chi connectivity index (χ1n) is 10.5. The molecule has 0 saturated heterocycles. The van der Waals surface area contributed by atoms with E-state index in [9.17, 15) is 114 Å². The van der Waals surface area contributed by atoms with Gasteiger partial charge in [0.05, 0.1) is 13.2 Å². The Bertz CT molecular complexity index is 938. The topological polar surface area (TPSA) is 9.23 Å². The van der Waals surface area contributed by atoms with Crippen molar-refractivity contribution >= 4 is 0 Å². The zero-order chi connectivity index (χ0) is 37.3.